The summed E-state index contributed by atoms with van der Waals surface area (Å²) in [6.07, 6.45) is 3.91. The van der Waals surface area contributed by atoms with Crippen LogP contribution in [0.25, 0.3) is 0 Å². The number of rotatable bonds is 3. The van der Waals surface area contributed by atoms with Crippen LogP contribution in [0.2, 0.25) is 0 Å². The number of hydrogen-bond donors (Lipinski definition) is 1. The van der Waals surface area contributed by atoms with Crippen molar-refractivity contribution in [2.75, 3.05) is 0 Å². The zero-order valence-corrected chi connectivity index (χ0v) is 13.5. The normalized spacial score (nSPS) is 29.5. The van der Waals surface area contributed by atoms with Gasteiger partial charge in [-0.3, -0.25) is 0 Å². The van der Waals surface area contributed by atoms with Crippen LogP contribution in [0.15, 0.2) is 19.6 Å². The summed E-state index contributed by atoms with van der Waals surface area (Å²) in [5.74, 6) is 2.69. The van der Waals surface area contributed by atoms with Crippen LogP contribution in [0.4, 0.5) is 0 Å². The van der Waals surface area contributed by atoms with E-state index in [9.17, 15) is 0 Å². The van der Waals surface area contributed by atoms with Gasteiger partial charge in [0.05, 0.1) is 11.0 Å². The van der Waals surface area contributed by atoms with E-state index < -0.39 is 0 Å². The van der Waals surface area contributed by atoms with Gasteiger partial charge in [0.2, 0.25) is 0 Å². The van der Waals surface area contributed by atoms with E-state index in [0.29, 0.717) is 6.04 Å². The molecule has 3 unspecified atom stereocenters. The molecule has 1 aliphatic carbocycles. The van der Waals surface area contributed by atoms with Crippen LogP contribution in [0.3, 0.4) is 0 Å². The largest absolute Gasteiger partial charge is 0.452 e. The van der Waals surface area contributed by atoms with E-state index in [4.69, 9.17) is 4.42 Å². The van der Waals surface area contributed by atoms with E-state index in [1.165, 1.54) is 19.3 Å². The van der Waals surface area contributed by atoms with Gasteiger partial charge in [0, 0.05) is 6.04 Å². The van der Waals surface area contributed by atoms with E-state index in [2.05, 4.69) is 51.0 Å². The Hall–Kier alpha value is 0.200. The predicted octanol–water partition coefficient (Wildman–Crippen LogP) is 4.72. The highest BCUT2D eigenvalue weighted by molar-refractivity contribution is 9.13. The summed E-state index contributed by atoms with van der Waals surface area (Å²) in [5.41, 5.74) is 0. The molecule has 0 bridgehead atoms. The molecular formula is C13H19Br2NO. The third kappa shape index (κ3) is 3.58. The molecule has 3 atom stereocenters. The molecule has 1 N–H and O–H groups in total. The Balaban J connectivity index is 1.82. The summed E-state index contributed by atoms with van der Waals surface area (Å²) < 4.78 is 7.32. The monoisotopic (exact) mass is 363 g/mol. The SMILES string of the molecule is CC1CCC(NCc2cc(Br)c(Br)o2)CC1C. The minimum Gasteiger partial charge on any atom is -0.452 e. The van der Waals surface area contributed by atoms with Gasteiger partial charge in [-0.15, -0.1) is 0 Å². The van der Waals surface area contributed by atoms with Crippen molar-refractivity contribution in [1.82, 2.24) is 5.32 Å². The lowest BCUT2D eigenvalue weighted by atomic mass is 9.79. The second kappa shape index (κ2) is 5.89. The van der Waals surface area contributed by atoms with Crippen LogP contribution in [0.1, 0.15) is 38.9 Å². The zero-order valence-electron chi connectivity index (χ0n) is 10.3. The quantitative estimate of drug-likeness (QED) is 0.839. The van der Waals surface area contributed by atoms with Gasteiger partial charge in [-0.1, -0.05) is 13.8 Å². The third-order valence-electron chi connectivity index (χ3n) is 3.86. The molecule has 1 aromatic rings. The Bertz CT molecular complexity index is 358. The molecule has 0 saturated heterocycles. The van der Waals surface area contributed by atoms with Gasteiger partial charge < -0.3 is 9.73 Å². The molecule has 1 saturated carbocycles. The van der Waals surface area contributed by atoms with E-state index in [1.54, 1.807) is 0 Å². The van der Waals surface area contributed by atoms with Crippen molar-refractivity contribution >= 4 is 31.9 Å². The molecule has 0 radical (unpaired) electrons. The highest BCUT2D eigenvalue weighted by Gasteiger charge is 2.24. The smallest absolute Gasteiger partial charge is 0.183 e. The molecule has 17 heavy (non-hydrogen) atoms. The van der Waals surface area contributed by atoms with Crippen LogP contribution in [0, 0.1) is 11.8 Å². The first kappa shape index (κ1) is 13.6. The standard InChI is InChI=1S/C13H19Br2NO/c1-8-3-4-10(5-9(8)2)16-7-11-6-12(14)13(15)17-11/h6,8-10,16H,3-5,7H2,1-2H3. The molecule has 2 nitrogen and oxygen atoms in total. The Morgan fingerprint density at radius 2 is 2.06 bits per heavy atom. The summed E-state index contributed by atoms with van der Waals surface area (Å²) in [7, 11) is 0. The molecule has 2 rings (SSSR count). The van der Waals surface area contributed by atoms with E-state index in [0.717, 1.165) is 33.3 Å². The second-order valence-electron chi connectivity index (χ2n) is 5.18. The first-order valence-electron chi connectivity index (χ1n) is 6.23. The summed E-state index contributed by atoms with van der Waals surface area (Å²) in [4.78, 5) is 0. The minimum atomic E-state index is 0.642. The fourth-order valence-electron chi connectivity index (χ4n) is 2.46. The molecule has 1 heterocycles. The zero-order chi connectivity index (χ0) is 12.4. The summed E-state index contributed by atoms with van der Waals surface area (Å²) >= 11 is 6.79. The van der Waals surface area contributed by atoms with Crippen LogP contribution < -0.4 is 5.32 Å². The van der Waals surface area contributed by atoms with Gasteiger partial charge in [-0.05, 0) is 69.0 Å². The molecule has 0 aliphatic heterocycles. The number of halogens is 2. The maximum absolute atomic E-state index is 5.56. The van der Waals surface area contributed by atoms with Crippen LogP contribution in [-0.4, -0.2) is 6.04 Å². The predicted molar refractivity (Wildman–Crippen MR) is 76.9 cm³/mol. The topological polar surface area (TPSA) is 25.2 Å². The average Bonchev–Trinajstić information content (AvgIpc) is 2.60. The van der Waals surface area contributed by atoms with Crippen LogP contribution >= 0.6 is 31.9 Å². The first-order chi connectivity index (χ1) is 8.06. The molecule has 1 aromatic heterocycles. The van der Waals surface area contributed by atoms with Crippen molar-refractivity contribution in [2.24, 2.45) is 11.8 Å². The van der Waals surface area contributed by atoms with Gasteiger partial charge in [0.1, 0.15) is 5.76 Å². The van der Waals surface area contributed by atoms with Crippen LogP contribution in [-0.2, 0) is 6.54 Å². The van der Waals surface area contributed by atoms with Crippen molar-refractivity contribution in [1.29, 1.82) is 0 Å². The fourth-order valence-corrected chi connectivity index (χ4v) is 3.12. The average molecular weight is 365 g/mol. The Labute approximate surface area is 120 Å². The maximum Gasteiger partial charge on any atom is 0.183 e. The minimum absolute atomic E-state index is 0.642. The summed E-state index contributed by atoms with van der Waals surface area (Å²) in [5, 5.41) is 3.59. The first-order valence-corrected chi connectivity index (χ1v) is 7.82. The van der Waals surface area contributed by atoms with Gasteiger partial charge in [-0.25, -0.2) is 0 Å². The number of hydrogen-bond acceptors (Lipinski definition) is 2. The highest BCUT2D eigenvalue weighted by Crippen LogP contribution is 2.30. The van der Waals surface area contributed by atoms with Crippen molar-refractivity contribution in [3.05, 3.63) is 21.0 Å². The third-order valence-corrected chi connectivity index (χ3v) is 5.57. The molecule has 4 heteroatoms. The molecule has 0 amide bonds. The number of furan rings is 1. The van der Waals surface area contributed by atoms with E-state index in [1.807, 2.05) is 6.07 Å². The van der Waals surface area contributed by atoms with Crippen molar-refractivity contribution in [3.63, 3.8) is 0 Å². The molecule has 1 aliphatic rings. The molecule has 96 valence electrons. The highest BCUT2D eigenvalue weighted by atomic mass is 79.9. The van der Waals surface area contributed by atoms with Gasteiger partial charge in [0.25, 0.3) is 0 Å². The van der Waals surface area contributed by atoms with Crippen molar-refractivity contribution in [3.8, 4) is 0 Å². The maximum atomic E-state index is 5.56. The second-order valence-corrected chi connectivity index (χ2v) is 6.75. The lowest BCUT2D eigenvalue weighted by Gasteiger charge is -2.32. The van der Waals surface area contributed by atoms with Gasteiger partial charge in [0.15, 0.2) is 4.67 Å². The van der Waals surface area contributed by atoms with Gasteiger partial charge >= 0.3 is 0 Å². The molecule has 1 fully saturated rings. The molecular weight excluding hydrogens is 346 g/mol. The molecule has 0 aromatic carbocycles. The Morgan fingerprint density at radius 3 is 2.65 bits per heavy atom. The lowest BCUT2D eigenvalue weighted by molar-refractivity contribution is 0.222. The van der Waals surface area contributed by atoms with Crippen molar-refractivity contribution < 1.29 is 4.42 Å². The molecule has 0 spiro atoms. The number of nitrogens with one attached hydrogen (secondary N) is 1. The van der Waals surface area contributed by atoms with Crippen LogP contribution in [0.5, 0.6) is 0 Å². The fraction of sp³-hybridized carbons (Fsp3) is 0.692. The Kier molecular flexibility index (Phi) is 4.72. The van der Waals surface area contributed by atoms with E-state index >= 15 is 0 Å². The van der Waals surface area contributed by atoms with Crippen molar-refractivity contribution in [2.45, 2.75) is 45.7 Å². The van der Waals surface area contributed by atoms with E-state index in [-0.39, 0.29) is 0 Å². The lowest BCUT2D eigenvalue weighted by Crippen LogP contribution is -2.35. The summed E-state index contributed by atoms with van der Waals surface area (Å²) in [6.45, 7) is 5.54. The summed E-state index contributed by atoms with van der Waals surface area (Å²) in [6, 6.07) is 2.66. The van der Waals surface area contributed by atoms with Gasteiger partial charge in [-0.2, -0.15) is 0 Å². The Morgan fingerprint density at radius 1 is 1.29 bits per heavy atom.